The van der Waals surface area contributed by atoms with E-state index in [1.807, 2.05) is 7.05 Å². The first-order chi connectivity index (χ1) is 8.91. The number of nitrogens with zero attached hydrogens (tertiary/aromatic N) is 1. The number of ether oxygens (including phenoxy) is 1. The van der Waals surface area contributed by atoms with Crippen LogP contribution < -0.4 is 10.6 Å². The fourth-order valence-electron chi connectivity index (χ4n) is 2.39. The van der Waals surface area contributed by atoms with Gasteiger partial charge in [-0.25, -0.2) is 0 Å². The summed E-state index contributed by atoms with van der Waals surface area (Å²) in [5, 5.41) is 6.84. The van der Waals surface area contributed by atoms with Crippen molar-refractivity contribution in [2.75, 3.05) is 13.7 Å². The van der Waals surface area contributed by atoms with Crippen molar-refractivity contribution in [1.82, 2.24) is 10.6 Å². The highest BCUT2D eigenvalue weighted by molar-refractivity contribution is 5.80. The molecule has 0 aromatic rings. The van der Waals surface area contributed by atoms with Gasteiger partial charge in [0.15, 0.2) is 5.96 Å². The van der Waals surface area contributed by atoms with E-state index in [1.54, 1.807) is 0 Å². The Hall–Kier alpha value is -0.770. The van der Waals surface area contributed by atoms with Gasteiger partial charge in [0, 0.05) is 31.2 Å². The third-order valence-corrected chi connectivity index (χ3v) is 3.95. The first-order valence-corrected chi connectivity index (χ1v) is 7.53. The van der Waals surface area contributed by atoms with E-state index in [2.05, 4.69) is 50.2 Å². The van der Waals surface area contributed by atoms with Crippen LogP contribution in [0, 0.1) is 5.41 Å². The van der Waals surface area contributed by atoms with Crippen LogP contribution in [0.5, 0.6) is 0 Å². The summed E-state index contributed by atoms with van der Waals surface area (Å²) in [6, 6.07) is 0.829. The van der Waals surface area contributed by atoms with Crippen molar-refractivity contribution in [2.45, 2.75) is 72.1 Å². The molecule has 112 valence electrons. The number of unbranched alkanes of at least 4 members (excludes halogenated alkanes) is 1. The topological polar surface area (TPSA) is 45.6 Å². The van der Waals surface area contributed by atoms with Crippen molar-refractivity contribution >= 4 is 5.96 Å². The van der Waals surface area contributed by atoms with Gasteiger partial charge in [0.2, 0.25) is 0 Å². The monoisotopic (exact) mass is 269 g/mol. The van der Waals surface area contributed by atoms with Gasteiger partial charge in [0.05, 0.1) is 6.10 Å². The van der Waals surface area contributed by atoms with Gasteiger partial charge in [0.1, 0.15) is 0 Å². The van der Waals surface area contributed by atoms with Crippen LogP contribution in [0.4, 0.5) is 0 Å². The lowest BCUT2D eigenvalue weighted by Gasteiger charge is -2.52. The van der Waals surface area contributed by atoms with Crippen molar-refractivity contribution in [3.8, 4) is 0 Å². The third-order valence-electron chi connectivity index (χ3n) is 3.95. The zero-order valence-electron chi connectivity index (χ0n) is 13.4. The van der Waals surface area contributed by atoms with E-state index in [0.29, 0.717) is 18.2 Å². The molecule has 19 heavy (non-hydrogen) atoms. The number of hydrogen-bond donors (Lipinski definition) is 2. The summed E-state index contributed by atoms with van der Waals surface area (Å²) in [7, 11) is 1.82. The molecule has 0 aromatic heterocycles. The van der Waals surface area contributed by atoms with E-state index in [4.69, 9.17) is 4.74 Å². The lowest BCUT2D eigenvalue weighted by molar-refractivity contribution is -0.113. The summed E-state index contributed by atoms with van der Waals surface area (Å²) in [5.74, 6) is 0.889. The molecule has 2 atom stereocenters. The maximum absolute atomic E-state index is 5.96. The Morgan fingerprint density at radius 1 is 1.42 bits per heavy atom. The standard InChI is InChI=1S/C15H31N3O/c1-7-8-9-19-13-10-12(15(13,4)5)18-14(16-6)17-11(2)3/h11-13H,7-10H2,1-6H3,(H2,16,17,18). The summed E-state index contributed by atoms with van der Waals surface area (Å²) >= 11 is 0. The number of guanidine groups is 1. The number of aliphatic imine (C=N–C) groups is 1. The number of nitrogens with one attached hydrogen (secondary N) is 2. The number of hydrogen-bond acceptors (Lipinski definition) is 2. The predicted molar refractivity (Wildman–Crippen MR) is 81.6 cm³/mol. The van der Waals surface area contributed by atoms with E-state index in [1.165, 1.54) is 6.42 Å². The van der Waals surface area contributed by atoms with Gasteiger partial charge in [-0.3, -0.25) is 4.99 Å². The molecule has 0 amide bonds. The van der Waals surface area contributed by atoms with Crippen molar-refractivity contribution in [2.24, 2.45) is 10.4 Å². The molecule has 0 aliphatic heterocycles. The Labute approximate surface area is 118 Å². The predicted octanol–water partition coefficient (Wildman–Crippen LogP) is 2.54. The molecule has 1 aliphatic rings. The number of rotatable bonds is 6. The molecule has 1 fully saturated rings. The average molecular weight is 269 g/mol. The first kappa shape index (κ1) is 16.3. The van der Waals surface area contributed by atoms with Gasteiger partial charge >= 0.3 is 0 Å². The van der Waals surface area contributed by atoms with Gasteiger partial charge in [-0.15, -0.1) is 0 Å². The molecule has 0 saturated heterocycles. The lowest BCUT2D eigenvalue weighted by Crippen LogP contribution is -2.64. The van der Waals surface area contributed by atoms with Gasteiger partial charge in [-0.05, 0) is 26.7 Å². The Morgan fingerprint density at radius 2 is 2.11 bits per heavy atom. The fraction of sp³-hybridized carbons (Fsp3) is 0.933. The molecule has 1 rings (SSSR count). The minimum Gasteiger partial charge on any atom is -0.378 e. The Balaban J connectivity index is 2.41. The van der Waals surface area contributed by atoms with E-state index < -0.39 is 0 Å². The minimum atomic E-state index is 0.169. The maximum atomic E-state index is 5.96. The molecule has 1 saturated carbocycles. The van der Waals surface area contributed by atoms with Crippen LogP contribution >= 0.6 is 0 Å². The summed E-state index contributed by atoms with van der Waals surface area (Å²) in [6.07, 6.45) is 3.78. The molecular weight excluding hydrogens is 238 g/mol. The summed E-state index contributed by atoms with van der Waals surface area (Å²) in [6.45, 7) is 11.9. The first-order valence-electron chi connectivity index (χ1n) is 7.53. The van der Waals surface area contributed by atoms with Crippen LogP contribution in [0.25, 0.3) is 0 Å². The van der Waals surface area contributed by atoms with Crippen LogP contribution in [0.2, 0.25) is 0 Å². The smallest absolute Gasteiger partial charge is 0.191 e. The van der Waals surface area contributed by atoms with Crippen molar-refractivity contribution in [3.05, 3.63) is 0 Å². The van der Waals surface area contributed by atoms with Crippen molar-refractivity contribution in [3.63, 3.8) is 0 Å². The normalized spacial score (nSPS) is 26.2. The summed E-state index contributed by atoms with van der Waals surface area (Å²) < 4.78 is 5.96. The Kier molecular flexibility index (Phi) is 6.11. The second kappa shape index (κ2) is 7.13. The Bertz CT molecular complexity index is 300. The van der Waals surface area contributed by atoms with E-state index >= 15 is 0 Å². The molecule has 0 spiro atoms. The minimum absolute atomic E-state index is 0.169. The zero-order valence-corrected chi connectivity index (χ0v) is 13.4. The van der Waals surface area contributed by atoms with Gasteiger partial charge in [-0.2, -0.15) is 0 Å². The zero-order chi connectivity index (χ0) is 14.5. The molecule has 4 nitrogen and oxygen atoms in total. The summed E-state index contributed by atoms with van der Waals surface area (Å²) in [5.41, 5.74) is 0.169. The third kappa shape index (κ3) is 4.37. The molecule has 2 N–H and O–H groups in total. The quantitative estimate of drug-likeness (QED) is 0.442. The van der Waals surface area contributed by atoms with Crippen molar-refractivity contribution in [1.29, 1.82) is 0 Å². The molecule has 0 bridgehead atoms. The van der Waals surface area contributed by atoms with E-state index in [0.717, 1.165) is 25.4 Å². The summed E-state index contributed by atoms with van der Waals surface area (Å²) in [4.78, 5) is 4.27. The maximum Gasteiger partial charge on any atom is 0.191 e. The van der Waals surface area contributed by atoms with Crippen molar-refractivity contribution < 1.29 is 4.74 Å². The van der Waals surface area contributed by atoms with E-state index in [9.17, 15) is 0 Å². The van der Waals surface area contributed by atoms with Crippen LogP contribution in [0.3, 0.4) is 0 Å². The molecular formula is C15H31N3O. The van der Waals surface area contributed by atoms with Crippen LogP contribution in [0.1, 0.15) is 53.9 Å². The van der Waals surface area contributed by atoms with Gasteiger partial charge in [0.25, 0.3) is 0 Å². The molecule has 1 aliphatic carbocycles. The van der Waals surface area contributed by atoms with Gasteiger partial charge < -0.3 is 15.4 Å². The molecule has 0 aromatic carbocycles. The van der Waals surface area contributed by atoms with Crippen LogP contribution in [-0.2, 0) is 4.74 Å². The Morgan fingerprint density at radius 3 is 2.58 bits per heavy atom. The highest BCUT2D eigenvalue weighted by Gasteiger charge is 2.49. The van der Waals surface area contributed by atoms with E-state index in [-0.39, 0.29) is 5.41 Å². The van der Waals surface area contributed by atoms with Gasteiger partial charge in [-0.1, -0.05) is 27.2 Å². The van der Waals surface area contributed by atoms with Crippen LogP contribution in [0.15, 0.2) is 4.99 Å². The lowest BCUT2D eigenvalue weighted by atomic mass is 9.64. The van der Waals surface area contributed by atoms with Crippen LogP contribution in [-0.4, -0.2) is 37.8 Å². The second-order valence-corrected chi connectivity index (χ2v) is 6.34. The molecule has 4 heteroatoms. The molecule has 2 unspecified atom stereocenters. The second-order valence-electron chi connectivity index (χ2n) is 6.34. The largest absolute Gasteiger partial charge is 0.378 e. The highest BCUT2D eigenvalue weighted by Crippen LogP contribution is 2.42. The fourth-order valence-corrected chi connectivity index (χ4v) is 2.39. The molecule has 0 heterocycles. The highest BCUT2D eigenvalue weighted by atomic mass is 16.5. The average Bonchev–Trinajstić information content (AvgIpc) is 2.34. The molecule has 0 radical (unpaired) electrons. The SMILES string of the molecule is CCCCOC1CC(NC(=NC)NC(C)C)C1(C)C.